The monoisotopic (exact) mass is 151 g/mol. The smallest absolute Gasteiger partial charge is 0.116 e. The van der Waals surface area contributed by atoms with Crippen molar-refractivity contribution in [3.8, 4) is 0 Å². The number of hydrogen-bond donors (Lipinski definition) is 1. The second kappa shape index (κ2) is 5.47. The van der Waals surface area contributed by atoms with Gasteiger partial charge in [0.05, 0.1) is 0 Å². The van der Waals surface area contributed by atoms with Gasteiger partial charge >= 0.3 is 0 Å². The van der Waals surface area contributed by atoms with Crippen molar-refractivity contribution < 1.29 is 4.79 Å². The molecule has 1 aromatic rings. The maximum absolute atomic E-state index is 8.81. The fraction of sp³-hybridized carbons (Fsp3) is 0.222. The molecule has 0 atom stereocenters. The maximum Gasteiger partial charge on any atom is 0.116 e. The lowest BCUT2D eigenvalue weighted by Gasteiger charge is -1.93. The summed E-state index contributed by atoms with van der Waals surface area (Å²) in [4.78, 5) is 8.81. The van der Waals surface area contributed by atoms with E-state index < -0.39 is 0 Å². The van der Waals surface area contributed by atoms with E-state index in [4.69, 9.17) is 10.5 Å². The van der Waals surface area contributed by atoms with Gasteiger partial charge in [0.1, 0.15) is 6.29 Å². The van der Waals surface area contributed by atoms with Crippen LogP contribution < -0.4 is 5.73 Å². The van der Waals surface area contributed by atoms with Crippen molar-refractivity contribution in [3.05, 3.63) is 29.8 Å². The number of hydrogen-bond acceptors (Lipinski definition) is 2. The van der Waals surface area contributed by atoms with E-state index in [0.717, 1.165) is 17.5 Å². The molecule has 0 aliphatic carbocycles. The van der Waals surface area contributed by atoms with Crippen LogP contribution in [0.25, 0.3) is 0 Å². The lowest BCUT2D eigenvalue weighted by atomic mass is 10.2. The Morgan fingerprint density at radius 2 is 1.82 bits per heavy atom. The summed E-state index contributed by atoms with van der Waals surface area (Å²) in [5.41, 5.74) is 7.53. The zero-order valence-electron chi connectivity index (χ0n) is 6.87. The SMILES string of the molecule is CC=O.Cc1ccccc1N. The number of aldehydes is 1. The average Bonchev–Trinajstić information content (AvgIpc) is 1.97. The molecule has 60 valence electrons. The molecule has 2 nitrogen and oxygen atoms in total. The molecule has 2 heteroatoms. The van der Waals surface area contributed by atoms with Gasteiger partial charge in [0.25, 0.3) is 0 Å². The third-order valence-electron chi connectivity index (χ3n) is 1.19. The number of carbonyl (C=O) groups is 1. The quantitative estimate of drug-likeness (QED) is 0.453. The zero-order valence-corrected chi connectivity index (χ0v) is 6.87. The van der Waals surface area contributed by atoms with Gasteiger partial charge in [-0.25, -0.2) is 0 Å². The fourth-order valence-corrected chi connectivity index (χ4v) is 0.587. The molecule has 0 saturated carbocycles. The van der Waals surface area contributed by atoms with Gasteiger partial charge in [-0.2, -0.15) is 0 Å². The van der Waals surface area contributed by atoms with Crippen LogP contribution in [0.3, 0.4) is 0 Å². The van der Waals surface area contributed by atoms with Crippen LogP contribution >= 0.6 is 0 Å². The van der Waals surface area contributed by atoms with Crippen LogP contribution in [-0.2, 0) is 4.79 Å². The van der Waals surface area contributed by atoms with E-state index >= 15 is 0 Å². The highest BCUT2D eigenvalue weighted by Gasteiger charge is 1.84. The van der Waals surface area contributed by atoms with E-state index in [9.17, 15) is 0 Å². The van der Waals surface area contributed by atoms with Crippen molar-refractivity contribution in [1.29, 1.82) is 0 Å². The van der Waals surface area contributed by atoms with Gasteiger partial charge in [-0.1, -0.05) is 18.2 Å². The van der Waals surface area contributed by atoms with Crippen LogP contribution in [0.1, 0.15) is 12.5 Å². The number of para-hydroxylation sites is 1. The molecule has 0 heterocycles. The summed E-state index contributed by atoms with van der Waals surface area (Å²) >= 11 is 0. The van der Waals surface area contributed by atoms with Gasteiger partial charge in [0.15, 0.2) is 0 Å². The second-order valence-electron chi connectivity index (χ2n) is 2.09. The molecule has 0 aromatic heterocycles. The van der Waals surface area contributed by atoms with Gasteiger partial charge in [-0.05, 0) is 25.5 Å². The fourth-order valence-electron chi connectivity index (χ4n) is 0.587. The predicted octanol–water partition coefficient (Wildman–Crippen LogP) is 1.78. The van der Waals surface area contributed by atoms with Gasteiger partial charge in [0.2, 0.25) is 0 Å². The number of benzene rings is 1. The number of rotatable bonds is 0. The molecule has 0 aliphatic heterocycles. The topological polar surface area (TPSA) is 43.1 Å². The van der Waals surface area contributed by atoms with E-state index in [2.05, 4.69) is 0 Å². The molecule has 11 heavy (non-hydrogen) atoms. The Bertz CT molecular complexity index is 200. The first kappa shape index (κ1) is 9.69. The summed E-state index contributed by atoms with van der Waals surface area (Å²) in [5.74, 6) is 0. The number of aryl methyl sites for hydroxylation is 1. The summed E-state index contributed by atoms with van der Waals surface area (Å²) in [5, 5.41) is 0. The lowest BCUT2D eigenvalue weighted by molar-refractivity contribution is -0.106. The minimum atomic E-state index is 0.750. The number of nitrogens with two attached hydrogens (primary N) is 1. The van der Waals surface area contributed by atoms with Crippen molar-refractivity contribution in [1.82, 2.24) is 0 Å². The Morgan fingerprint density at radius 3 is 2.09 bits per heavy atom. The maximum atomic E-state index is 8.81. The van der Waals surface area contributed by atoms with Crippen molar-refractivity contribution >= 4 is 12.0 Å². The van der Waals surface area contributed by atoms with Crippen LogP contribution in [0.5, 0.6) is 0 Å². The first-order chi connectivity index (χ1) is 5.22. The van der Waals surface area contributed by atoms with Crippen molar-refractivity contribution in [2.75, 3.05) is 5.73 Å². The summed E-state index contributed by atoms with van der Waals surface area (Å²) < 4.78 is 0. The molecule has 0 unspecified atom stereocenters. The molecule has 0 saturated heterocycles. The summed E-state index contributed by atoms with van der Waals surface area (Å²) in [6.07, 6.45) is 0.750. The minimum absolute atomic E-state index is 0.750. The number of anilines is 1. The van der Waals surface area contributed by atoms with Crippen molar-refractivity contribution in [3.63, 3.8) is 0 Å². The largest absolute Gasteiger partial charge is 0.399 e. The molecule has 2 N–H and O–H groups in total. The Hall–Kier alpha value is -1.31. The third kappa shape index (κ3) is 4.14. The van der Waals surface area contributed by atoms with Crippen LogP contribution in [0.15, 0.2) is 24.3 Å². The lowest BCUT2D eigenvalue weighted by Crippen LogP contribution is -1.85. The molecule has 0 aliphatic rings. The Labute approximate surface area is 67.0 Å². The van der Waals surface area contributed by atoms with Crippen LogP contribution in [-0.4, -0.2) is 6.29 Å². The van der Waals surface area contributed by atoms with E-state index in [-0.39, 0.29) is 0 Å². The van der Waals surface area contributed by atoms with E-state index in [0.29, 0.717) is 0 Å². The highest BCUT2D eigenvalue weighted by atomic mass is 16.1. The third-order valence-corrected chi connectivity index (χ3v) is 1.19. The Balaban J connectivity index is 0.000000292. The molecule has 0 amide bonds. The molecule has 1 rings (SSSR count). The average molecular weight is 151 g/mol. The number of carbonyl (C=O) groups excluding carboxylic acids is 1. The molecule has 0 spiro atoms. The molecular weight excluding hydrogens is 138 g/mol. The minimum Gasteiger partial charge on any atom is -0.399 e. The van der Waals surface area contributed by atoms with Crippen LogP contribution in [0.4, 0.5) is 5.69 Å². The van der Waals surface area contributed by atoms with Crippen molar-refractivity contribution in [2.24, 2.45) is 0 Å². The molecule has 0 radical (unpaired) electrons. The normalized spacial score (nSPS) is 7.82. The molecular formula is C9H13NO. The summed E-state index contributed by atoms with van der Waals surface area (Å²) in [6, 6.07) is 7.80. The van der Waals surface area contributed by atoms with Gasteiger partial charge in [0, 0.05) is 5.69 Å². The summed E-state index contributed by atoms with van der Waals surface area (Å²) in [7, 11) is 0. The van der Waals surface area contributed by atoms with Crippen LogP contribution in [0.2, 0.25) is 0 Å². The van der Waals surface area contributed by atoms with Gasteiger partial charge in [-0.3, -0.25) is 0 Å². The molecule has 0 bridgehead atoms. The highest BCUT2D eigenvalue weighted by molar-refractivity contribution is 5.45. The Kier molecular flexibility index (Phi) is 4.82. The molecule has 0 fully saturated rings. The Morgan fingerprint density at radius 1 is 1.36 bits per heavy atom. The zero-order chi connectivity index (χ0) is 8.69. The van der Waals surface area contributed by atoms with Crippen LogP contribution in [0, 0.1) is 6.92 Å². The standard InChI is InChI=1S/C7H9N.C2H4O/c1-6-4-2-3-5-7(6)8;1-2-3/h2-5H,8H2,1H3;2H,1H3. The van der Waals surface area contributed by atoms with Gasteiger partial charge in [-0.15, -0.1) is 0 Å². The van der Waals surface area contributed by atoms with E-state index in [1.165, 1.54) is 6.92 Å². The van der Waals surface area contributed by atoms with Crippen molar-refractivity contribution in [2.45, 2.75) is 13.8 Å². The van der Waals surface area contributed by atoms with Gasteiger partial charge < -0.3 is 10.5 Å². The first-order valence-electron chi connectivity index (χ1n) is 3.43. The van der Waals surface area contributed by atoms with E-state index in [1.807, 2.05) is 31.2 Å². The highest BCUT2D eigenvalue weighted by Crippen LogP contribution is 2.06. The second-order valence-corrected chi connectivity index (χ2v) is 2.09. The molecule has 1 aromatic carbocycles. The number of nitrogen functional groups attached to an aromatic ring is 1. The van der Waals surface area contributed by atoms with E-state index in [1.54, 1.807) is 0 Å². The predicted molar refractivity (Wildman–Crippen MR) is 47.3 cm³/mol. The summed E-state index contributed by atoms with van der Waals surface area (Å²) in [6.45, 7) is 3.44. The first-order valence-corrected chi connectivity index (χ1v) is 3.43.